The molecular formula is C24H31NO4. The van der Waals surface area contributed by atoms with E-state index in [2.05, 4.69) is 11.2 Å². The highest BCUT2D eigenvalue weighted by molar-refractivity contribution is 5.80. The molecule has 29 heavy (non-hydrogen) atoms. The predicted octanol–water partition coefficient (Wildman–Crippen LogP) is 3.30. The van der Waals surface area contributed by atoms with Crippen LogP contribution in [-0.2, 0) is 17.6 Å². The summed E-state index contributed by atoms with van der Waals surface area (Å²) in [5.41, 5.74) is 3.05. The third-order valence-electron chi connectivity index (χ3n) is 4.10. The van der Waals surface area contributed by atoms with Crippen molar-refractivity contribution in [2.24, 2.45) is 0 Å². The van der Waals surface area contributed by atoms with Crippen LogP contribution in [0.4, 0.5) is 0 Å². The Morgan fingerprint density at radius 3 is 2.41 bits per heavy atom. The molecule has 2 aromatic rings. The molecule has 5 heteroatoms. The molecule has 1 unspecified atom stereocenters. The van der Waals surface area contributed by atoms with Gasteiger partial charge >= 0.3 is 0 Å². The Balaban J connectivity index is 0.00000204. The molecular weight excluding hydrogens is 366 g/mol. The maximum Gasteiger partial charge on any atom is 0.249 e. The van der Waals surface area contributed by atoms with Crippen molar-refractivity contribution in [2.45, 2.75) is 39.7 Å². The van der Waals surface area contributed by atoms with Crippen molar-refractivity contribution >= 4 is 5.91 Å². The fourth-order valence-corrected chi connectivity index (χ4v) is 2.59. The Hall–Kier alpha value is -2.97. The molecule has 0 heterocycles. The van der Waals surface area contributed by atoms with Crippen LogP contribution in [-0.4, -0.2) is 37.4 Å². The molecule has 2 rings (SSSR count). The van der Waals surface area contributed by atoms with Gasteiger partial charge in [-0.15, -0.1) is 6.42 Å². The molecule has 0 bridgehead atoms. The number of terminal acetylenes is 1. The molecule has 5 nitrogen and oxygen atoms in total. The first kappa shape index (κ1) is 24.1. The van der Waals surface area contributed by atoms with Gasteiger partial charge in [-0.25, -0.2) is 0 Å². The first-order valence-corrected chi connectivity index (χ1v) is 9.78. The third kappa shape index (κ3) is 8.28. The fourth-order valence-electron chi connectivity index (χ4n) is 2.59. The van der Waals surface area contributed by atoms with Gasteiger partial charge in [0.25, 0.3) is 0 Å². The number of hydrogen-bond acceptors (Lipinski definition) is 4. The second-order valence-electron chi connectivity index (χ2n) is 6.22. The van der Waals surface area contributed by atoms with Crippen molar-refractivity contribution in [3.8, 4) is 23.8 Å². The van der Waals surface area contributed by atoms with E-state index in [1.807, 2.05) is 57.2 Å². The summed E-state index contributed by atoms with van der Waals surface area (Å²) in [7, 11) is 1.56. The Morgan fingerprint density at radius 1 is 1.14 bits per heavy atom. The van der Waals surface area contributed by atoms with Gasteiger partial charge in [0.15, 0.2) is 11.5 Å². The second kappa shape index (κ2) is 13.2. The first-order chi connectivity index (χ1) is 14.0. The molecule has 0 aliphatic carbocycles. The molecule has 0 radical (unpaired) electrons. The number of nitrogens with one attached hydrogen (secondary N) is 1. The number of rotatable bonds is 9. The molecule has 2 aromatic carbocycles. The summed E-state index contributed by atoms with van der Waals surface area (Å²) < 4.78 is 10.7. The minimum Gasteiger partial charge on any atom is -0.493 e. The van der Waals surface area contributed by atoms with E-state index in [1.54, 1.807) is 13.2 Å². The number of aliphatic hydroxyl groups excluding tert-OH is 1. The first-order valence-electron chi connectivity index (χ1n) is 9.78. The van der Waals surface area contributed by atoms with E-state index in [-0.39, 0.29) is 12.5 Å². The number of benzene rings is 2. The fraction of sp³-hybridized carbons (Fsp3) is 0.375. The van der Waals surface area contributed by atoms with Gasteiger partial charge in [0.05, 0.1) is 7.11 Å². The number of carbonyl (C=O) groups is 1. The minimum absolute atomic E-state index is 0.171. The zero-order chi connectivity index (χ0) is 21.6. The van der Waals surface area contributed by atoms with E-state index in [1.165, 1.54) is 0 Å². The van der Waals surface area contributed by atoms with Crippen LogP contribution in [0.25, 0.3) is 0 Å². The number of aryl methyl sites for hydroxylation is 1. The zero-order valence-electron chi connectivity index (χ0n) is 17.7. The van der Waals surface area contributed by atoms with Gasteiger partial charge in [-0.05, 0) is 36.6 Å². The summed E-state index contributed by atoms with van der Waals surface area (Å²) in [6.07, 6.45) is 5.03. The van der Waals surface area contributed by atoms with Crippen molar-refractivity contribution in [2.75, 3.05) is 20.3 Å². The molecule has 1 atom stereocenters. The highest BCUT2D eigenvalue weighted by Gasteiger charge is 2.15. The van der Waals surface area contributed by atoms with Gasteiger partial charge in [0.2, 0.25) is 5.91 Å². The molecule has 0 saturated heterocycles. The molecule has 0 aliphatic heterocycles. The standard InChI is InChI=1S/C22H25NO4.C2H6/c1-4-13-27-20-10-9-18(15-21(20)26-3)11-12-23-22(25)19(24)14-17-7-5-16(2)6-8-17;1-2/h1,5-10,15,19,24H,11-14H2,2-3H3,(H,23,25);1-2H3. The van der Waals surface area contributed by atoms with E-state index >= 15 is 0 Å². The predicted molar refractivity (Wildman–Crippen MR) is 116 cm³/mol. The molecule has 0 saturated carbocycles. The molecule has 2 N–H and O–H groups in total. The SMILES string of the molecule is C#CCOc1ccc(CCNC(=O)C(O)Cc2ccc(C)cc2)cc1OC.CC. The molecule has 0 aliphatic rings. The van der Waals surface area contributed by atoms with Crippen molar-refractivity contribution in [1.29, 1.82) is 0 Å². The summed E-state index contributed by atoms with van der Waals surface area (Å²) in [5, 5.41) is 12.8. The summed E-state index contributed by atoms with van der Waals surface area (Å²) in [6.45, 7) is 6.58. The summed E-state index contributed by atoms with van der Waals surface area (Å²) in [5.74, 6) is 3.20. The van der Waals surface area contributed by atoms with Gasteiger partial charge in [-0.3, -0.25) is 4.79 Å². The summed E-state index contributed by atoms with van der Waals surface area (Å²) in [6, 6.07) is 13.3. The van der Waals surface area contributed by atoms with E-state index in [0.717, 1.165) is 16.7 Å². The van der Waals surface area contributed by atoms with E-state index in [4.69, 9.17) is 15.9 Å². The lowest BCUT2D eigenvalue weighted by Gasteiger charge is -2.13. The smallest absolute Gasteiger partial charge is 0.249 e. The van der Waals surface area contributed by atoms with Crippen LogP contribution in [0.1, 0.15) is 30.5 Å². The normalized spacial score (nSPS) is 10.8. The average molecular weight is 398 g/mol. The number of ether oxygens (including phenoxy) is 2. The van der Waals surface area contributed by atoms with Gasteiger partial charge in [0.1, 0.15) is 12.7 Å². The van der Waals surface area contributed by atoms with Gasteiger partial charge in [0, 0.05) is 13.0 Å². The summed E-state index contributed by atoms with van der Waals surface area (Å²) >= 11 is 0. The van der Waals surface area contributed by atoms with Crippen LogP contribution in [0.3, 0.4) is 0 Å². The van der Waals surface area contributed by atoms with Crippen molar-refractivity contribution in [1.82, 2.24) is 5.32 Å². The van der Waals surface area contributed by atoms with Gasteiger partial charge in [-0.2, -0.15) is 0 Å². The topological polar surface area (TPSA) is 67.8 Å². The lowest BCUT2D eigenvalue weighted by atomic mass is 10.1. The number of hydrogen-bond donors (Lipinski definition) is 2. The number of amides is 1. The lowest BCUT2D eigenvalue weighted by Crippen LogP contribution is -2.37. The van der Waals surface area contributed by atoms with Crippen LogP contribution in [0, 0.1) is 19.3 Å². The molecule has 156 valence electrons. The number of carbonyl (C=O) groups excluding carboxylic acids is 1. The molecule has 0 spiro atoms. The Morgan fingerprint density at radius 2 is 1.79 bits per heavy atom. The largest absolute Gasteiger partial charge is 0.493 e. The van der Waals surface area contributed by atoms with Gasteiger partial charge < -0.3 is 19.9 Å². The van der Waals surface area contributed by atoms with E-state index < -0.39 is 6.10 Å². The molecule has 1 amide bonds. The lowest BCUT2D eigenvalue weighted by molar-refractivity contribution is -0.129. The van der Waals surface area contributed by atoms with Crippen LogP contribution in [0.15, 0.2) is 42.5 Å². The third-order valence-corrected chi connectivity index (χ3v) is 4.10. The number of aliphatic hydroxyl groups is 1. The van der Waals surface area contributed by atoms with Gasteiger partial charge in [-0.1, -0.05) is 55.7 Å². The van der Waals surface area contributed by atoms with Crippen LogP contribution in [0.5, 0.6) is 11.5 Å². The Kier molecular flexibility index (Phi) is 11.0. The Bertz CT molecular complexity index is 794. The number of methoxy groups -OCH3 is 1. The van der Waals surface area contributed by atoms with Crippen LogP contribution in [0.2, 0.25) is 0 Å². The van der Waals surface area contributed by atoms with E-state index in [9.17, 15) is 9.90 Å². The van der Waals surface area contributed by atoms with E-state index in [0.29, 0.717) is 30.9 Å². The van der Waals surface area contributed by atoms with Crippen LogP contribution < -0.4 is 14.8 Å². The highest BCUT2D eigenvalue weighted by atomic mass is 16.5. The summed E-state index contributed by atoms with van der Waals surface area (Å²) in [4.78, 5) is 12.1. The Labute approximate surface area is 174 Å². The maximum absolute atomic E-state index is 12.1. The average Bonchev–Trinajstić information content (AvgIpc) is 2.75. The van der Waals surface area contributed by atoms with Crippen LogP contribution >= 0.6 is 0 Å². The monoisotopic (exact) mass is 397 g/mol. The molecule has 0 aromatic heterocycles. The second-order valence-corrected chi connectivity index (χ2v) is 6.22. The van der Waals surface area contributed by atoms with Crippen molar-refractivity contribution < 1.29 is 19.4 Å². The zero-order valence-corrected chi connectivity index (χ0v) is 17.7. The maximum atomic E-state index is 12.1. The van der Waals surface area contributed by atoms with Crippen molar-refractivity contribution in [3.63, 3.8) is 0 Å². The highest BCUT2D eigenvalue weighted by Crippen LogP contribution is 2.28. The van der Waals surface area contributed by atoms with Crippen molar-refractivity contribution in [3.05, 3.63) is 59.2 Å². The quantitative estimate of drug-likeness (QED) is 0.637. The molecule has 0 fully saturated rings. The minimum atomic E-state index is -1.07.